The van der Waals surface area contributed by atoms with Gasteiger partial charge in [-0.25, -0.2) is 0 Å². The van der Waals surface area contributed by atoms with Crippen LogP contribution in [0.4, 0.5) is 0 Å². The molecular formula is C27H51N3O14. The molecule has 17 nitrogen and oxygen atoms in total. The summed E-state index contributed by atoms with van der Waals surface area (Å²) >= 11 is 0. The molecule has 0 aliphatic carbocycles. The first kappa shape index (κ1) is 37.5. The largest absolute Gasteiger partial charge is 0.394 e. The molecule has 3 heterocycles. The second kappa shape index (κ2) is 16.7. The summed E-state index contributed by atoms with van der Waals surface area (Å²) in [5, 5.41) is 83.0. The maximum absolute atomic E-state index is 13.3. The van der Waals surface area contributed by atoms with Crippen LogP contribution in [0.25, 0.3) is 0 Å². The molecule has 15 atom stereocenters. The number of ketones is 1. The highest BCUT2D eigenvalue weighted by atomic mass is 16.7. The fraction of sp³-hybridized carbons (Fsp3) is 0.963. The van der Waals surface area contributed by atoms with Crippen molar-refractivity contribution in [2.45, 2.75) is 143 Å². The molecule has 0 saturated carbocycles. The first-order valence-corrected chi connectivity index (χ1v) is 15.2. The number of Topliss-reactive ketones (excluding diaryl/α,β-unsaturated/α-hetero) is 1. The van der Waals surface area contributed by atoms with Crippen LogP contribution in [0.15, 0.2) is 0 Å². The summed E-state index contributed by atoms with van der Waals surface area (Å²) < 4.78 is 28.2. The highest BCUT2D eigenvalue weighted by Crippen LogP contribution is 2.35. The number of unbranched alkanes of at least 4 members (excludes halogenated alkanes) is 5. The lowest BCUT2D eigenvalue weighted by atomic mass is 9.81. The second-order valence-electron chi connectivity index (χ2n) is 11.8. The number of carbonyl (C=O) groups excluding carboxylic acids is 1. The Balaban J connectivity index is 1.73. The molecular weight excluding hydrogens is 590 g/mol. The van der Waals surface area contributed by atoms with Crippen LogP contribution < -0.4 is 17.2 Å². The Morgan fingerprint density at radius 2 is 1.25 bits per heavy atom. The van der Waals surface area contributed by atoms with E-state index in [2.05, 4.69) is 6.92 Å². The van der Waals surface area contributed by atoms with Gasteiger partial charge in [-0.3, -0.25) is 4.79 Å². The van der Waals surface area contributed by atoms with Gasteiger partial charge in [-0.1, -0.05) is 39.0 Å². The lowest BCUT2D eigenvalue weighted by molar-refractivity contribution is -0.355. The average molecular weight is 642 g/mol. The molecule has 0 radical (unpaired) electrons. The SMILES string of the molecule is CCCCCCCCC(=O)[C@]1(CO)O[C@H](OC2[C@@H](CO)O[C@@H](OC3[C@@H](CO)O[C@@H](O)[C@H](N)[C@H]3O)[C@H](N)[C@H]2O)[C@H](N)[C@@H](O)[C@@H]1O. The number of carbonyl (C=O) groups is 1. The Morgan fingerprint density at radius 3 is 1.84 bits per heavy atom. The molecule has 0 bridgehead atoms. The van der Waals surface area contributed by atoms with Crippen molar-refractivity contribution in [2.24, 2.45) is 17.2 Å². The Kier molecular flexibility index (Phi) is 14.3. The van der Waals surface area contributed by atoms with Gasteiger partial charge in [0.1, 0.15) is 48.8 Å². The van der Waals surface area contributed by atoms with Gasteiger partial charge in [0, 0.05) is 6.42 Å². The summed E-state index contributed by atoms with van der Waals surface area (Å²) in [5.74, 6) is -0.665. The van der Waals surface area contributed by atoms with Crippen LogP contribution in [-0.4, -0.2) is 158 Å². The average Bonchev–Trinajstić information content (AvgIpc) is 3.02. The van der Waals surface area contributed by atoms with Gasteiger partial charge in [0.25, 0.3) is 0 Å². The fourth-order valence-electron chi connectivity index (χ4n) is 5.81. The smallest absolute Gasteiger partial charge is 0.180 e. The summed E-state index contributed by atoms with van der Waals surface area (Å²) in [6.07, 6.45) is -11.9. The van der Waals surface area contributed by atoms with E-state index in [0.717, 1.165) is 32.1 Å². The van der Waals surface area contributed by atoms with Gasteiger partial charge in [0.2, 0.25) is 0 Å². The number of aliphatic hydroxyl groups is 8. The molecule has 44 heavy (non-hydrogen) atoms. The maximum Gasteiger partial charge on any atom is 0.180 e. The van der Waals surface area contributed by atoms with E-state index < -0.39 is 117 Å². The minimum Gasteiger partial charge on any atom is -0.394 e. The quantitative estimate of drug-likeness (QED) is 0.0746. The van der Waals surface area contributed by atoms with E-state index in [9.17, 15) is 45.6 Å². The molecule has 3 saturated heterocycles. The van der Waals surface area contributed by atoms with E-state index in [0.29, 0.717) is 6.42 Å². The zero-order chi connectivity index (χ0) is 32.8. The van der Waals surface area contributed by atoms with Crippen LogP contribution in [0.1, 0.15) is 51.9 Å². The van der Waals surface area contributed by atoms with Gasteiger partial charge in [0.15, 0.2) is 30.3 Å². The van der Waals surface area contributed by atoms with Crippen molar-refractivity contribution < 1.29 is 69.3 Å². The van der Waals surface area contributed by atoms with Crippen LogP contribution >= 0.6 is 0 Å². The van der Waals surface area contributed by atoms with Crippen LogP contribution in [0, 0.1) is 0 Å². The van der Waals surface area contributed by atoms with Crippen LogP contribution in [0.2, 0.25) is 0 Å². The van der Waals surface area contributed by atoms with Crippen molar-refractivity contribution in [1.82, 2.24) is 0 Å². The van der Waals surface area contributed by atoms with E-state index >= 15 is 0 Å². The van der Waals surface area contributed by atoms with Crippen LogP contribution in [0.3, 0.4) is 0 Å². The van der Waals surface area contributed by atoms with Gasteiger partial charge in [0.05, 0.1) is 37.9 Å². The zero-order valence-electron chi connectivity index (χ0n) is 24.9. The number of aliphatic hydroxyl groups excluding tert-OH is 8. The molecule has 2 unspecified atom stereocenters. The second-order valence-corrected chi connectivity index (χ2v) is 11.8. The standard InChI is InChI=1S/C27H51N3O14/c1-2-3-4-5-6-7-8-14(34)27(11-33)23(38)20(37)17(30)26(44-27)43-22-13(10-32)41-25(16(29)19(22)36)42-21-12(9-31)40-24(39)15(28)18(21)35/h12-13,15-26,31-33,35-39H,2-11,28-30H2,1H3/t12-,13-,15-,16-,17-,18-,19-,20-,21?,22?,23+,24-,25+,26+,27+/m1/s1. The number of hydrogen-bond donors (Lipinski definition) is 11. The van der Waals surface area contributed by atoms with E-state index in [4.69, 9.17) is 40.9 Å². The van der Waals surface area contributed by atoms with Crippen LogP contribution in [-0.2, 0) is 28.5 Å². The van der Waals surface area contributed by atoms with E-state index in [-0.39, 0.29) is 6.42 Å². The molecule has 0 aromatic heterocycles. The first-order chi connectivity index (χ1) is 20.9. The molecule has 3 rings (SSSR count). The summed E-state index contributed by atoms with van der Waals surface area (Å²) in [6.45, 7) is -0.362. The highest BCUT2D eigenvalue weighted by Gasteiger charge is 2.58. The van der Waals surface area contributed by atoms with Crippen molar-refractivity contribution >= 4 is 5.78 Å². The molecule has 0 aromatic rings. The zero-order valence-corrected chi connectivity index (χ0v) is 24.9. The number of ether oxygens (including phenoxy) is 5. The predicted octanol–water partition coefficient (Wildman–Crippen LogP) is -4.98. The molecule has 258 valence electrons. The summed E-state index contributed by atoms with van der Waals surface area (Å²) in [6, 6.07) is -4.18. The monoisotopic (exact) mass is 641 g/mol. The number of hydrogen-bond acceptors (Lipinski definition) is 17. The summed E-state index contributed by atoms with van der Waals surface area (Å²) in [7, 11) is 0. The van der Waals surface area contributed by atoms with Gasteiger partial charge in [-0.2, -0.15) is 0 Å². The predicted molar refractivity (Wildman–Crippen MR) is 149 cm³/mol. The van der Waals surface area contributed by atoms with Crippen LogP contribution in [0.5, 0.6) is 0 Å². The van der Waals surface area contributed by atoms with E-state index in [1.807, 2.05) is 0 Å². The number of rotatable bonds is 15. The molecule has 14 N–H and O–H groups in total. The lowest BCUT2D eigenvalue weighted by Gasteiger charge is -2.50. The third-order valence-electron chi connectivity index (χ3n) is 8.70. The lowest BCUT2D eigenvalue weighted by Crippen LogP contribution is -2.73. The maximum atomic E-state index is 13.3. The summed E-state index contributed by atoms with van der Waals surface area (Å²) in [5.41, 5.74) is 15.7. The Bertz CT molecular complexity index is 889. The molecule has 3 aliphatic heterocycles. The van der Waals surface area contributed by atoms with Gasteiger partial charge < -0.3 is 81.7 Å². The number of nitrogens with two attached hydrogens (primary N) is 3. The third-order valence-corrected chi connectivity index (χ3v) is 8.70. The minimum absolute atomic E-state index is 0.0526. The van der Waals surface area contributed by atoms with Crippen molar-refractivity contribution in [2.75, 3.05) is 19.8 Å². The minimum atomic E-state index is -2.27. The Morgan fingerprint density at radius 1 is 0.727 bits per heavy atom. The van der Waals surface area contributed by atoms with Crippen molar-refractivity contribution in [3.8, 4) is 0 Å². The normalized spacial score (nSPS) is 44.9. The molecule has 17 heteroatoms. The molecule has 0 amide bonds. The molecule has 0 spiro atoms. The van der Waals surface area contributed by atoms with Gasteiger partial charge in [-0.05, 0) is 6.42 Å². The van der Waals surface area contributed by atoms with Gasteiger partial charge in [-0.15, -0.1) is 0 Å². The molecule has 0 aromatic carbocycles. The third kappa shape index (κ3) is 7.93. The van der Waals surface area contributed by atoms with Gasteiger partial charge >= 0.3 is 0 Å². The fourth-order valence-corrected chi connectivity index (χ4v) is 5.81. The highest BCUT2D eigenvalue weighted by molar-refractivity contribution is 5.88. The molecule has 3 aliphatic rings. The van der Waals surface area contributed by atoms with E-state index in [1.165, 1.54) is 0 Å². The Hall–Kier alpha value is -0.970. The van der Waals surface area contributed by atoms with E-state index in [1.54, 1.807) is 0 Å². The van der Waals surface area contributed by atoms with Crippen molar-refractivity contribution in [3.05, 3.63) is 0 Å². The van der Waals surface area contributed by atoms with Crippen molar-refractivity contribution in [1.29, 1.82) is 0 Å². The summed E-state index contributed by atoms with van der Waals surface area (Å²) in [4.78, 5) is 13.3. The first-order valence-electron chi connectivity index (χ1n) is 15.2. The topological polar surface area (TPSA) is 303 Å². The Labute approximate surface area is 255 Å². The molecule has 3 fully saturated rings. The van der Waals surface area contributed by atoms with Crippen molar-refractivity contribution in [3.63, 3.8) is 0 Å².